The fraction of sp³-hybridized carbons (Fsp3) is 0.500. The first kappa shape index (κ1) is 19.0. The largest absolute Gasteiger partial charge is 0.497 e. The van der Waals surface area contributed by atoms with Gasteiger partial charge in [0.1, 0.15) is 17.3 Å². The number of benzene rings is 1. The monoisotopic (exact) mass is 384 g/mol. The Labute approximate surface area is 165 Å². The van der Waals surface area contributed by atoms with Gasteiger partial charge in [-0.2, -0.15) is 0 Å². The smallest absolute Gasteiger partial charge is 0.255 e. The van der Waals surface area contributed by atoms with Crippen molar-refractivity contribution in [3.8, 4) is 5.75 Å². The van der Waals surface area contributed by atoms with Crippen molar-refractivity contribution in [2.75, 3.05) is 26.8 Å². The summed E-state index contributed by atoms with van der Waals surface area (Å²) in [5, 5.41) is 3.04. The Morgan fingerprint density at radius 2 is 2.14 bits per heavy atom. The molecule has 6 nitrogen and oxygen atoms in total. The highest BCUT2D eigenvalue weighted by molar-refractivity contribution is 5.97. The summed E-state index contributed by atoms with van der Waals surface area (Å²) in [6.45, 7) is 5.72. The topological polar surface area (TPSA) is 63.9 Å². The number of methoxy groups -OCH3 is 1. The lowest BCUT2D eigenvalue weighted by Gasteiger charge is -2.26. The van der Waals surface area contributed by atoms with E-state index in [0.717, 1.165) is 62.6 Å². The number of furan rings is 1. The van der Waals surface area contributed by atoms with Gasteiger partial charge in [-0.25, -0.2) is 0 Å². The predicted molar refractivity (Wildman–Crippen MR) is 106 cm³/mol. The number of hydrogen-bond acceptors (Lipinski definition) is 5. The minimum absolute atomic E-state index is 0.0516. The van der Waals surface area contributed by atoms with Crippen molar-refractivity contribution in [1.29, 1.82) is 0 Å². The zero-order chi connectivity index (χ0) is 19.5. The lowest BCUT2D eigenvalue weighted by Crippen LogP contribution is -2.34. The van der Waals surface area contributed by atoms with Gasteiger partial charge in [0.05, 0.1) is 18.8 Å². The molecular weight excluding hydrogens is 356 g/mol. The Bertz CT molecular complexity index is 822. The van der Waals surface area contributed by atoms with E-state index in [0.29, 0.717) is 17.9 Å². The molecule has 0 aliphatic carbocycles. The molecule has 3 heterocycles. The van der Waals surface area contributed by atoms with E-state index in [2.05, 4.69) is 22.3 Å². The minimum Gasteiger partial charge on any atom is -0.497 e. The Morgan fingerprint density at radius 3 is 2.86 bits per heavy atom. The zero-order valence-electron chi connectivity index (χ0n) is 16.6. The predicted octanol–water partition coefficient (Wildman–Crippen LogP) is 3.06. The van der Waals surface area contributed by atoms with Crippen LogP contribution in [0, 0.1) is 6.92 Å². The molecular formula is C22H28N2O4. The summed E-state index contributed by atoms with van der Waals surface area (Å²) in [5.41, 5.74) is 2.96. The van der Waals surface area contributed by atoms with Crippen LogP contribution in [0.1, 0.15) is 45.8 Å². The Morgan fingerprint density at radius 1 is 1.32 bits per heavy atom. The van der Waals surface area contributed by atoms with Gasteiger partial charge in [0.2, 0.25) is 0 Å². The van der Waals surface area contributed by atoms with Crippen LogP contribution >= 0.6 is 0 Å². The summed E-state index contributed by atoms with van der Waals surface area (Å²) in [6, 6.07) is 8.14. The van der Waals surface area contributed by atoms with E-state index < -0.39 is 0 Å². The van der Waals surface area contributed by atoms with Crippen molar-refractivity contribution in [2.45, 2.75) is 45.4 Å². The van der Waals surface area contributed by atoms with E-state index in [1.165, 1.54) is 5.56 Å². The number of carbonyl (C=O) groups excluding carboxylic acids is 1. The van der Waals surface area contributed by atoms with Gasteiger partial charge in [-0.3, -0.25) is 9.69 Å². The van der Waals surface area contributed by atoms with E-state index in [1.54, 1.807) is 7.11 Å². The van der Waals surface area contributed by atoms with Crippen molar-refractivity contribution < 1.29 is 18.7 Å². The molecule has 6 heteroatoms. The van der Waals surface area contributed by atoms with Gasteiger partial charge in [0.25, 0.3) is 5.91 Å². The third-order valence-electron chi connectivity index (χ3n) is 5.61. The maximum Gasteiger partial charge on any atom is 0.255 e. The Kier molecular flexibility index (Phi) is 5.69. The molecule has 0 bridgehead atoms. The molecule has 1 aromatic carbocycles. The molecule has 1 N–H and O–H groups in total. The molecule has 0 saturated carbocycles. The van der Waals surface area contributed by atoms with Crippen LogP contribution in [0.15, 0.2) is 28.7 Å². The third kappa shape index (κ3) is 4.08. The molecule has 1 amide bonds. The Hall–Kier alpha value is -2.31. The number of fused-ring (bicyclic) bond motifs is 1. The molecule has 1 aromatic heterocycles. The van der Waals surface area contributed by atoms with Gasteiger partial charge < -0.3 is 19.2 Å². The summed E-state index contributed by atoms with van der Waals surface area (Å²) in [7, 11) is 1.67. The molecule has 4 rings (SSSR count). The Balaban J connectivity index is 1.43. The quantitative estimate of drug-likeness (QED) is 0.829. The number of nitrogens with zero attached hydrogens (tertiary/aromatic N) is 1. The SMILES string of the molecule is COc1ccc(CN2CCc3oc(C)c(C(=O)NC[C@@H]4CCCO4)c3C2)cc1. The average molecular weight is 384 g/mol. The summed E-state index contributed by atoms with van der Waals surface area (Å²) in [4.78, 5) is 15.2. The fourth-order valence-corrected chi connectivity index (χ4v) is 4.10. The molecule has 2 aliphatic heterocycles. The molecule has 0 unspecified atom stereocenters. The molecule has 2 aromatic rings. The first-order chi connectivity index (χ1) is 13.6. The number of hydrogen-bond donors (Lipinski definition) is 1. The van der Waals surface area contributed by atoms with E-state index in [1.807, 2.05) is 19.1 Å². The van der Waals surface area contributed by atoms with Gasteiger partial charge in [-0.05, 0) is 37.5 Å². The van der Waals surface area contributed by atoms with Crippen molar-refractivity contribution in [3.63, 3.8) is 0 Å². The highest BCUT2D eigenvalue weighted by Gasteiger charge is 2.28. The van der Waals surface area contributed by atoms with Gasteiger partial charge in [0.15, 0.2) is 0 Å². The average Bonchev–Trinajstić information content (AvgIpc) is 3.33. The van der Waals surface area contributed by atoms with Gasteiger partial charge in [-0.1, -0.05) is 12.1 Å². The normalized spacial score (nSPS) is 19.4. The molecule has 150 valence electrons. The van der Waals surface area contributed by atoms with E-state index in [-0.39, 0.29) is 12.0 Å². The zero-order valence-corrected chi connectivity index (χ0v) is 16.6. The number of rotatable bonds is 6. The van der Waals surface area contributed by atoms with Crippen LogP contribution < -0.4 is 10.1 Å². The van der Waals surface area contributed by atoms with E-state index >= 15 is 0 Å². The van der Waals surface area contributed by atoms with Gasteiger partial charge >= 0.3 is 0 Å². The van der Waals surface area contributed by atoms with Crippen molar-refractivity contribution >= 4 is 5.91 Å². The van der Waals surface area contributed by atoms with E-state index in [9.17, 15) is 4.79 Å². The highest BCUT2D eigenvalue weighted by Crippen LogP contribution is 2.29. The first-order valence-electron chi connectivity index (χ1n) is 10.00. The van der Waals surface area contributed by atoms with Crippen LogP contribution in [0.5, 0.6) is 5.75 Å². The fourth-order valence-electron chi connectivity index (χ4n) is 4.10. The third-order valence-corrected chi connectivity index (χ3v) is 5.61. The highest BCUT2D eigenvalue weighted by atomic mass is 16.5. The summed E-state index contributed by atoms with van der Waals surface area (Å²) < 4.78 is 16.8. The molecule has 1 atom stereocenters. The minimum atomic E-state index is -0.0516. The summed E-state index contributed by atoms with van der Waals surface area (Å²) in [6.07, 6.45) is 3.05. The van der Waals surface area contributed by atoms with Crippen molar-refractivity contribution in [3.05, 3.63) is 52.5 Å². The van der Waals surface area contributed by atoms with Crippen LogP contribution in [0.2, 0.25) is 0 Å². The first-order valence-corrected chi connectivity index (χ1v) is 10.00. The lowest BCUT2D eigenvalue weighted by molar-refractivity contribution is 0.0855. The number of amides is 1. The van der Waals surface area contributed by atoms with Crippen LogP contribution in [0.3, 0.4) is 0 Å². The molecule has 0 radical (unpaired) electrons. The van der Waals surface area contributed by atoms with E-state index in [4.69, 9.17) is 13.9 Å². The second-order valence-electron chi connectivity index (χ2n) is 7.59. The lowest BCUT2D eigenvalue weighted by atomic mass is 10.0. The van der Waals surface area contributed by atoms with Crippen LogP contribution in [0.4, 0.5) is 0 Å². The molecule has 28 heavy (non-hydrogen) atoms. The van der Waals surface area contributed by atoms with Crippen LogP contribution in [-0.2, 0) is 24.2 Å². The second kappa shape index (κ2) is 8.37. The van der Waals surface area contributed by atoms with Crippen molar-refractivity contribution in [1.82, 2.24) is 10.2 Å². The molecule has 0 spiro atoms. The van der Waals surface area contributed by atoms with Gasteiger partial charge in [0, 0.05) is 44.8 Å². The number of ether oxygens (including phenoxy) is 2. The standard InChI is InChI=1S/C22H28N2O4/c1-15-21(22(25)23-12-18-4-3-11-27-18)19-14-24(10-9-20(19)28-15)13-16-5-7-17(26-2)8-6-16/h5-8,18H,3-4,9-14H2,1-2H3,(H,23,25)/t18-/m0/s1. The molecule has 1 fully saturated rings. The van der Waals surface area contributed by atoms with Crippen LogP contribution in [-0.4, -0.2) is 43.7 Å². The maximum atomic E-state index is 12.8. The maximum absolute atomic E-state index is 12.8. The van der Waals surface area contributed by atoms with Crippen molar-refractivity contribution in [2.24, 2.45) is 0 Å². The molecule has 2 aliphatic rings. The van der Waals surface area contributed by atoms with Gasteiger partial charge in [-0.15, -0.1) is 0 Å². The summed E-state index contributed by atoms with van der Waals surface area (Å²) in [5.74, 6) is 2.47. The number of nitrogens with one attached hydrogen (secondary N) is 1. The van der Waals surface area contributed by atoms with Crippen LogP contribution in [0.25, 0.3) is 0 Å². The summed E-state index contributed by atoms with van der Waals surface area (Å²) >= 11 is 0. The number of aryl methyl sites for hydroxylation is 1. The second-order valence-corrected chi connectivity index (χ2v) is 7.59. The number of carbonyl (C=O) groups is 1. The molecule has 1 saturated heterocycles.